The van der Waals surface area contributed by atoms with Crippen molar-refractivity contribution in [3.05, 3.63) is 34.9 Å². The molecular formula is C14H18ClNO3. The molecule has 19 heavy (non-hydrogen) atoms. The second-order valence-corrected chi connectivity index (χ2v) is 4.21. The van der Waals surface area contributed by atoms with Gasteiger partial charge in [-0.05, 0) is 32.1 Å². The van der Waals surface area contributed by atoms with Crippen LogP contribution in [0.25, 0.3) is 0 Å². The molecule has 1 aromatic carbocycles. The molecule has 4 nitrogen and oxygen atoms in total. The highest BCUT2D eigenvalue weighted by Crippen LogP contribution is 2.33. The van der Waals surface area contributed by atoms with E-state index in [4.69, 9.17) is 21.1 Å². The lowest BCUT2D eigenvalue weighted by Crippen LogP contribution is -2.09. The summed E-state index contributed by atoms with van der Waals surface area (Å²) in [5.74, 6) is 0.390. The van der Waals surface area contributed by atoms with Crippen LogP contribution < -0.4 is 10.1 Å². The highest BCUT2D eigenvalue weighted by molar-refractivity contribution is 6.32. The van der Waals surface area contributed by atoms with Crippen molar-refractivity contribution < 1.29 is 14.3 Å². The SMILES string of the molecule is CC=CC(=O)Nc1cc(Cl)c(OCC)c(COC)c1. The Hall–Kier alpha value is -1.52. The minimum absolute atomic E-state index is 0.203. The van der Waals surface area contributed by atoms with Crippen LogP contribution in [0.15, 0.2) is 24.3 Å². The van der Waals surface area contributed by atoms with Gasteiger partial charge < -0.3 is 14.8 Å². The first-order valence-electron chi connectivity index (χ1n) is 6.00. The number of carbonyl (C=O) groups is 1. The molecule has 0 aromatic heterocycles. The largest absolute Gasteiger partial charge is 0.492 e. The molecule has 0 atom stereocenters. The molecule has 0 heterocycles. The van der Waals surface area contributed by atoms with Crippen molar-refractivity contribution in [2.24, 2.45) is 0 Å². The lowest BCUT2D eigenvalue weighted by Gasteiger charge is -2.14. The van der Waals surface area contributed by atoms with Crippen LogP contribution in [-0.4, -0.2) is 19.6 Å². The minimum atomic E-state index is -0.203. The van der Waals surface area contributed by atoms with Gasteiger partial charge in [-0.15, -0.1) is 0 Å². The second-order valence-electron chi connectivity index (χ2n) is 3.80. The third kappa shape index (κ3) is 4.58. The number of anilines is 1. The molecule has 0 fully saturated rings. The Morgan fingerprint density at radius 2 is 2.21 bits per heavy atom. The van der Waals surface area contributed by atoms with E-state index >= 15 is 0 Å². The molecule has 0 saturated carbocycles. The molecular weight excluding hydrogens is 266 g/mol. The zero-order valence-corrected chi connectivity index (χ0v) is 12.1. The van der Waals surface area contributed by atoms with Gasteiger partial charge in [0.05, 0.1) is 18.2 Å². The van der Waals surface area contributed by atoms with Crippen LogP contribution in [0.1, 0.15) is 19.4 Å². The highest BCUT2D eigenvalue weighted by atomic mass is 35.5. The van der Waals surface area contributed by atoms with E-state index in [1.807, 2.05) is 6.92 Å². The Morgan fingerprint density at radius 1 is 1.47 bits per heavy atom. The fraction of sp³-hybridized carbons (Fsp3) is 0.357. The average molecular weight is 284 g/mol. The maximum Gasteiger partial charge on any atom is 0.248 e. The molecule has 0 unspecified atom stereocenters. The third-order valence-corrected chi connectivity index (χ3v) is 2.58. The van der Waals surface area contributed by atoms with Crippen molar-refractivity contribution in [3.63, 3.8) is 0 Å². The van der Waals surface area contributed by atoms with Crippen molar-refractivity contribution in [1.82, 2.24) is 0 Å². The van der Waals surface area contributed by atoms with E-state index in [1.54, 1.807) is 32.2 Å². The number of amides is 1. The third-order valence-electron chi connectivity index (χ3n) is 2.29. The second kappa shape index (κ2) is 7.81. The predicted octanol–water partition coefficient (Wildman–Crippen LogP) is 3.40. The number of nitrogens with one attached hydrogen (secondary N) is 1. The first-order valence-corrected chi connectivity index (χ1v) is 6.38. The van der Waals surface area contributed by atoms with E-state index in [9.17, 15) is 4.79 Å². The molecule has 1 amide bonds. The van der Waals surface area contributed by atoms with Gasteiger partial charge in [0.25, 0.3) is 0 Å². The van der Waals surface area contributed by atoms with Crippen LogP contribution in [-0.2, 0) is 16.1 Å². The lowest BCUT2D eigenvalue weighted by atomic mass is 10.2. The number of allylic oxidation sites excluding steroid dienone is 1. The summed E-state index contributed by atoms with van der Waals surface area (Å²) in [5.41, 5.74) is 1.41. The molecule has 0 radical (unpaired) electrons. The monoisotopic (exact) mass is 283 g/mol. The van der Waals surface area contributed by atoms with Crippen LogP contribution in [0.4, 0.5) is 5.69 Å². The van der Waals surface area contributed by atoms with Crippen molar-refractivity contribution in [3.8, 4) is 5.75 Å². The Balaban J connectivity index is 3.05. The molecule has 104 valence electrons. The molecule has 0 bridgehead atoms. The number of methoxy groups -OCH3 is 1. The molecule has 1 rings (SSSR count). The Labute approximate surface area is 118 Å². The summed E-state index contributed by atoms with van der Waals surface area (Å²) >= 11 is 6.16. The van der Waals surface area contributed by atoms with Gasteiger partial charge in [0.2, 0.25) is 5.91 Å². The summed E-state index contributed by atoms with van der Waals surface area (Å²) in [6, 6.07) is 3.45. The summed E-state index contributed by atoms with van der Waals surface area (Å²) in [5, 5.41) is 3.18. The topological polar surface area (TPSA) is 47.6 Å². The number of rotatable bonds is 6. The number of hydrogen-bond acceptors (Lipinski definition) is 3. The lowest BCUT2D eigenvalue weighted by molar-refractivity contribution is -0.111. The maximum atomic E-state index is 11.5. The van der Waals surface area contributed by atoms with Crippen molar-refractivity contribution in [2.45, 2.75) is 20.5 Å². The van der Waals surface area contributed by atoms with Gasteiger partial charge in [-0.1, -0.05) is 17.7 Å². The van der Waals surface area contributed by atoms with Gasteiger partial charge in [-0.25, -0.2) is 0 Å². The van der Waals surface area contributed by atoms with Gasteiger partial charge in [-0.3, -0.25) is 4.79 Å². The van der Waals surface area contributed by atoms with Crippen LogP contribution >= 0.6 is 11.6 Å². The minimum Gasteiger partial charge on any atom is -0.492 e. The summed E-state index contributed by atoms with van der Waals surface area (Å²) in [6.07, 6.45) is 3.11. The summed E-state index contributed by atoms with van der Waals surface area (Å²) in [6.45, 7) is 4.54. The number of hydrogen-bond donors (Lipinski definition) is 1. The van der Waals surface area contributed by atoms with Crippen LogP contribution in [0.5, 0.6) is 5.75 Å². The standard InChI is InChI=1S/C14H18ClNO3/c1-4-6-13(17)16-11-7-10(9-18-3)14(19-5-2)12(15)8-11/h4,6-8H,5,9H2,1-3H3,(H,16,17). The number of ether oxygens (including phenoxy) is 2. The Kier molecular flexibility index (Phi) is 6.39. The van der Waals surface area contributed by atoms with Gasteiger partial charge >= 0.3 is 0 Å². The van der Waals surface area contributed by atoms with Gasteiger partial charge in [0, 0.05) is 18.4 Å². The van der Waals surface area contributed by atoms with Crippen LogP contribution in [0.2, 0.25) is 5.02 Å². The van der Waals surface area contributed by atoms with Gasteiger partial charge in [0.1, 0.15) is 5.75 Å². The molecule has 0 aliphatic heterocycles. The zero-order chi connectivity index (χ0) is 14.3. The quantitative estimate of drug-likeness (QED) is 0.814. The fourth-order valence-electron chi connectivity index (χ4n) is 1.63. The summed E-state index contributed by atoms with van der Waals surface area (Å²) in [4.78, 5) is 11.5. The van der Waals surface area contributed by atoms with Crippen LogP contribution in [0, 0.1) is 0 Å². The molecule has 1 N–H and O–H groups in total. The first-order chi connectivity index (χ1) is 9.12. The number of halogens is 1. The van der Waals surface area contributed by atoms with Crippen molar-refractivity contribution >= 4 is 23.2 Å². The zero-order valence-electron chi connectivity index (χ0n) is 11.3. The summed E-state index contributed by atoms with van der Waals surface area (Å²) < 4.78 is 10.6. The maximum absolute atomic E-state index is 11.5. The highest BCUT2D eigenvalue weighted by Gasteiger charge is 2.11. The van der Waals surface area contributed by atoms with Crippen molar-refractivity contribution in [2.75, 3.05) is 19.0 Å². The Bertz CT molecular complexity index is 472. The number of benzene rings is 1. The predicted molar refractivity (Wildman–Crippen MR) is 76.8 cm³/mol. The molecule has 0 aliphatic rings. The van der Waals surface area contributed by atoms with Crippen LogP contribution in [0.3, 0.4) is 0 Å². The van der Waals surface area contributed by atoms with Gasteiger partial charge in [-0.2, -0.15) is 0 Å². The van der Waals surface area contributed by atoms with Crippen molar-refractivity contribution in [1.29, 1.82) is 0 Å². The molecule has 5 heteroatoms. The van der Waals surface area contributed by atoms with E-state index in [0.29, 0.717) is 29.7 Å². The molecule has 0 spiro atoms. The summed E-state index contributed by atoms with van der Waals surface area (Å²) in [7, 11) is 1.59. The van der Waals surface area contributed by atoms with E-state index in [2.05, 4.69) is 5.32 Å². The first kappa shape index (κ1) is 15.5. The Morgan fingerprint density at radius 3 is 2.79 bits per heavy atom. The smallest absolute Gasteiger partial charge is 0.248 e. The van der Waals surface area contributed by atoms with E-state index in [-0.39, 0.29) is 5.91 Å². The fourth-order valence-corrected chi connectivity index (χ4v) is 1.92. The molecule has 0 saturated heterocycles. The van der Waals surface area contributed by atoms with Gasteiger partial charge in [0.15, 0.2) is 0 Å². The van der Waals surface area contributed by atoms with E-state index in [0.717, 1.165) is 5.56 Å². The molecule has 1 aromatic rings. The molecule has 0 aliphatic carbocycles. The number of carbonyl (C=O) groups excluding carboxylic acids is 1. The van der Waals surface area contributed by atoms with E-state index in [1.165, 1.54) is 6.08 Å². The van der Waals surface area contributed by atoms with E-state index < -0.39 is 0 Å². The average Bonchev–Trinajstić information content (AvgIpc) is 2.34. The normalized spacial score (nSPS) is 10.7.